The summed E-state index contributed by atoms with van der Waals surface area (Å²) >= 11 is 1.58. The summed E-state index contributed by atoms with van der Waals surface area (Å²) in [5.41, 5.74) is 1.69. The highest BCUT2D eigenvalue weighted by molar-refractivity contribution is 7.13. The first kappa shape index (κ1) is 12.8. The van der Waals surface area contributed by atoms with Crippen molar-refractivity contribution in [3.63, 3.8) is 0 Å². The summed E-state index contributed by atoms with van der Waals surface area (Å²) in [5.74, 6) is 0. The minimum absolute atomic E-state index is 0.306. The molecule has 102 valence electrons. The Labute approximate surface area is 118 Å². The second-order valence-corrected chi connectivity index (χ2v) is 5.61. The summed E-state index contributed by atoms with van der Waals surface area (Å²) < 4.78 is 2.53. The molecule has 0 saturated carbocycles. The molecule has 0 aliphatic heterocycles. The van der Waals surface area contributed by atoms with Crippen LogP contribution in [0.4, 0.5) is 0 Å². The zero-order valence-corrected chi connectivity index (χ0v) is 12.2. The van der Waals surface area contributed by atoms with Gasteiger partial charge in [-0.2, -0.15) is 0 Å². The maximum atomic E-state index is 12.4. The SMILES string of the molecule is Cc1ccsc1-c1ccnc2c1c(=O)n(C)c(=O)n2C. The molecule has 0 aliphatic carbocycles. The van der Waals surface area contributed by atoms with Gasteiger partial charge in [0.05, 0.1) is 5.39 Å². The third kappa shape index (κ3) is 1.65. The molecule has 6 heteroatoms. The molecule has 0 fully saturated rings. The first-order valence-corrected chi connectivity index (χ1v) is 6.99. The lowest BCUT2D eigenvalue weighted by Gasteiger charge is -2.09. The third-order valence-electron chi connectivity index (χ3n) is 3.45. The number of fused-ring (bicyclic) bond motifs is 1. The van der Waals surface area contributed by atoms with Crippen LogP contribution in [0.25, 0.3) is 21.5 Å². The van der Waals surface area contributed by atoms with E-state index in [4.69, 9.17) is 0 Å². The Morgan fingerprint density at radius 1 is 1.15 bits per heavy atom. The number of rotatable bonds is 1. The average molecular weight is 287 g/mol. The Balaban J connectivity index is 2.57. The van der Waals surface area contributed by atoms with Crippen molar-refractivity contribution in [2.24, 2.45) is 14.1 Å². The topological polar surface area (TPSA) is 56.9 Å². The van der Waals surface area contributed by atoms with Crippen LogP contribution < -0.4 is 11.2 Å². The maximum Gasteiger partial charge on any atom is 0.332 e. The maximum absolute atomic E-state index is 12.4. The van der Waals surface area contributed by atoms with Gasteiger partial charge in [0.15, 0.2) is 0 Å². The van der Waals surface area contributed by atoms with Crippen molar-refractivity contribution in [2.45, 2.75) is 6.92 Å². The number of pyridine rings is 1. The fourth-order valence-electron chi connectivity index (χ4n) is 2.32. The lowest BCUT2D eigenvalue weighted by Crippen LogP contribution is -2.37. The summed E-state index contributed by atoms with van der Waals surface area (Å²) in [6, 6.07) is 3.84. The van der Waals surface area contributed by atoms with Crippen molar-refractivity contribution in [1.29, 1.82) is 0 Å². The predicted molar refractivity (Wildman–Crippen MR) is 80.3 cm³/mol. The fraction of sp³-hybridized carbons (Fsp3) is 0.214. The first-order valence-electron chi connectivity index (χ1n) is 6.11. The molecule has 0 unspecified atom stereocenters. The Morgan fingerprint density at radius 3 is 2.55 bits per heavy atom. The lowest BCUT2D eigenvalue weighted by molar-refractivity contribution is 0.708. The molecular weight excluding hydrogens is 274 g/mol. The zero-order valence-electron chi connectivity index (χ0n) is 11.4. The summed E-state index contributed by atoms with van der Waals surface area (Å²) in [5, 5.41) is 2.48. The van der Waals surface area contributed by atoms with Crippen molar-refractivity contribution in [2.75, 3.05) is 0 Å². The van der Waals surface area contributed by atoms with Gasteiger partial charge in [-0.1, -0.05) is 0 Å². The van der Waals surface area contributed by atoms with E-state index in [2.05, 4.69) is 4.98 Å². The summed E-state index contributed by atoms with van der Waals surface area (Å²) in [4.78, 5) is 29.6. The van der Waals surface area contributed by atoms with Gasteiger partial charge in [-0.25, -0.2) is 9.78 Å². The van der Waals surface area contributed by atoms with Gasteiger partial charge in [0.2, 0.25) is 0 Å². The Hall–Kier alpha value is -2.21. The van der Waals surface area contributed by atoms with E-state index < -0.39 is 0 Å². The summed E-state index contributed by atoms with van der Waals surface area (Å²) in [6.07, 6.45) is 1.63. The van der Waals surface area contributed by atoms with E-state index in [1.54, 1.807) is 24.6 Å². The molecule has 0 atom stereocenters. The molecule has 0 N–H and O–H groups in total. The standard InChI is InChI=1S/C14H13N3O2S/c1-8-5-7-20-11(8)9-4-6-15-12-10(9)13(18)17(3)14(19)16(12)2/h4-7H,1-3H3. The second kappa shape index (κ2) is 4.42. The molecule has 0 saturated heterocycles. The van der Waals surface area contributed by atoms with Crippen LogP contribution in [0.2, 0.25) is 0 Å². The fourth-order valence-corrected chi connectivity index (χ4v) is 3.28. The van der Waals surface area contributed by atoms with Crippen molar-refractivity contribution in [3.05, 3.63) is 50.1 Å². The lowest BCUT2D eigenvalue weighted by atomic mass is 10.1. The molecule has 0 aromatic carbocycles. The Bertz CT molecular complexity index is 934. The van der Waals surface area contributed by atoms with Crippen molar-refractivity contribution in [3.8, 4) is 10.4 Å². The smallest absolute Gasteiger partial charge is 0.280 e. The van der Waals surface area contributed by atoms with Crippen LogP contribution in [0.15, 0.2) is 33.3 Å². The van der Waals surface area contributed by atoms with Gasteiger partial charge in [0.25, 0.3) is 5.56 Å². The molecule has 5 nitrogen and oxygen atoms in total. The molecule has 0 spiro atoms. The van der Waals surface area contributed by atoms with Crippen LogP contribution in [0, 0.1) is 6.92 Å². The van der Waals surface area contributed by atoms with Crippen molar-refractivity contribution < 1.29 is 0 Å². The second-order valence-electron chi connectivity index (χ2n) is 4.70. The summed E-state index contributed by atoms with van der Waals surface area (Å²) in [6.45, 7) is 2.00. The number of hydrogen-bond acceptors (Lipinski definition) is 4. The molecular formula is C14H13N3O2S. The molecule has 0 bridgehead atoms. The number of thiophene rings is 1. The van der Waals surface area contributed by atoms with Gasteiger partial charge in [0.1, 0.15) is 5.65 Å². The van der Waals surface area contributed by atoms with Crippen molar-refractivity contribution in [1.82, 2.24) is 14.1 Å². The highest BCUT2D eigenvalue weighted by atomic mass is 32.1. The molecule has 20 heavy (non-hydrogen) atoms. The monoisotopic (exact) mass is 287 g/mol. The van der Waals surface area contributed by atoms with Gasteiger partial charge in [0, 0.05) is 30.7 Å². The van der Waals surface area contributed by atoms with Crippen LogP contribution in [-0.4, -0.2) is 14.1 Å². The van der Waals surface area contributed by atoms with E-state index >= 15 is 0 Å². The quantitative estimate of drug-likeness (QED) is 0.684. The molecule has 0 amide bonds. The number of hydrogen-bond donors (Lipinski definition) is 0. The number of aryl methyl sites for hydroxylation is 2. The highest BCUT2D eigenvalue weighted by Gasteiger charge is 2.15. The van der Waals surface area contributed by atoms with E-state index in [1.165, 1.54) is 11.6 Å². The van der Waals surface area contributed by atoms with E-state index in [9.17, 15) is 9.59 Å². The minimum atomic E-state index is -0.366. The molecule has 3 aromatic rings. The largest absolute Gasteiger partial charge is 0.332 e. The third-order valence-corrected chi connectivity index (χ3v) is 4.50. The van der Waals surface area contributed by atoms with E-state index in [1.807, 2.05) is 24.4 Å². The van der Waals surface area contributed by atoms with Gasteiger partial charge < -0.3 is 0 Å². The molecule has 0 aliphatic rings. The van der Waals surface area contributed by atoms with Crippen LogP contribution in [0.5, 0.6) is 0 Å². The average Bonchev–Trinajstić information content (AvgIpc) is 2.88. The van der Waals surface area contributed by atoms with Crippen LogP contribution in [-0.2, 0) is 14.1 Å². The molecule has 0 radical (unpaired) electrons. The van der Waals surface area contributed by atoms with Gasteiger partial charge in [-0.05, 0) is 30.0 Å². The summed E-state index contributed by atoms with van der Waals surface area (Å²) in [7, 11) is 3.12. The minimum Gasteiger partial charge on any atom is -0.280 e. The highest BCUT2D eigenvalue weighted by Crippen LogP contribution is 2.31. The van der Waals surface area contributed by atoms with Gasteiger partial charge in [-0.3, -0.25) is 13.9 Å². The van der Waals surface area contributed by atoms with E-state index in [0.29, 0.717) is 11.0 Å². The Kier molecular flexibility index (Phi) is 2.83. The van der Waals surface area contributed by atoms with Gasteiger partial charge >= 0.3 is 5.69 Å². The van der Waals surface area contributed by atoms with E-state index in [0.717, 1.165) is 20.6 Å². The van der Waals surface area contributed by atoms with Crippen molar-refractivity contribution >= 4 is 22.4 Å². The molecule has 3 heterocycles. The molecule has 3 aromatic heterocycles. The Morgan fingerprint density at radius 2 is 1.90 bits per heavy atom. The molecule has 3 rings (SSSR count). The van der Waals surface area contributed by atoms with E-state index in [-0.39, 0.29) is 11.2 Å². The number of aromatic nitrogens is 3. The van der Waals surface area contributed by atoms with Crippen LogP contribution in [0.3, 0.4) is 0 Å². The van der Waals surface area contributed by atoms with Crippen LogP contribution >= 0.6 is 11.3 Å². The zero-order chi connectivity index (χ0) is 14.4. The predicted octanol–water partition coefficient (Wildman–Crippen LogP) is 1.67. The first-order chi connectivity index (χ1) is 9.52. The number of nitrogens with zero attached hydrogens (tertiary/aromatic N) is 3. The normalized spacial score (nSPS) is 11.2. The van der Waals surface area contributed by atoms with Gasteiger partial charge in [-0.15, -0.1) is 11.3 Å². The van der Waals surface area contributed by atoms with Crippen LogP contribution in [0.1, 0.15) is 5.56 Å².